The molecule has 2 aliphatic rings. The second-order valence-corrected chi connectivity index (χ2v) is 8.82. The van der Waals surface area contributed by atoms with Gasteiger partial charge in [-0.3, -0.25) is 4.98 Å². The standard InChI is InChI=1S/C22H24ClN3/c1-14-4-5-16(11-24-14)22(2)10-15-8-17(23)9-18-19-12-25(3)7-6-20(19)26(13-22)21(15)18/h4-5,8-9,11H,6-7,10,12-13H2,1-3H3. The van der Waals surface area contributed by atoms with E-state index in [1.807, 2.05) is 6.92 Å². The molecule has 0 spiro atoms. The van der Waals surface area contributed by atoms with Gasteiger partial charge in [0.2, 0.25) is 0 Å². The number of fused-ring (bicyclic) bond motifs is 3. The zero-order valence-electron chi connectivity index (χ0n) is 15.6. The Balaban J connectivity index is 1.73. The number of likely N-dealkylation sites (N-methyl/N-ethyl adjacent to an activating group) is 1. The van der Waals surface area contributed by atoms with Crippen LogP contribution in [0.3, 0.4) is 0 Å². The first-order valence-electron chi connectivity index (χ1n) is 9.39. The van der Waals surface area contributed by atoms with E-state index in [2.05, 4.69) is 58.9 Å². The molecule has 26 heavy (non-hydrogen) atoms. The molecule has 0 bridgehead atoms. The molecule has 3 nitrogen and oxygen atoms in total. The zero-order chi connectivity index (χ0) is 18.1. The van der Waals surface area contributed by atoms with Crippen LogP contribution in [0.5, 0.6) is 0 Å². The van der Waals surface area contributed by atoms with Crippen LogP contribution < -0.4 is 0 Å². The van der Waals surface area contributed by atoms with Crippen LogP contribution in [0.4, 0.5) is 0 Å². The number of aryl methyl sites for hydroxylation is 1. The fourth-order valence-corrected chi connectivity index (χ4v) is 5.16. The number of pyridine rings is 1. The predicted octanol–water partition coefficient (Wildman–Crippen LogP) is 4.50. The number of benzene rings is 1. The quantitative estimate of drug-likeness (QED) is 0.633. The van der Waals surface area contributed by atoms with Gasteiger partial charge in [0.1, 0.15) is 0 Å². The normalized spacial score (nSPS) is 22.6. The van der Waals surface area contributed by atoms with E-state index in [0.717, 1.165) is 43.2 Å². The maximum atomic E-state index is 6.54. The van der Waals surface area contributed by atoms with E-state index in [0.29, 0.717) is 0 Å². The molecule has 4 heteroatoms. The number of hydrogen-bond donors (Lipinski definition) is 0. The van der Waals surface area contributed by atoms with Crippen LogP contribution in [0.2, 0.25) is 5.02 Å². The molecule has 1 unspecified atom stereocenters. The highest BCUT2D eigenvalue weighted by Gasteiger charge is 2.36. The van der Waals surface area contributed by atoms with Crippen molar-refractivity contribution in [3.63, 3.8) is 0 Å². The molecule has 134 valence electrons. The van der Waals surface area contributed by atoms with Crippen LogP contribution in [0.15, 0.2) is 30.5 Å². The Morgan fingerprint density at radius 3 is 2.85 bits per heavy atom. The minimum atomic E-state index is 0.0431. The van der Waals surface area contributed by atoms with E-state index >= 15 is 0 Å². The molecule has 1 aromatic carbocycles. The van der Waals surface area contributed by atoms with Crippen LogP contribution >= 0.6 is 11.6 Å². The fourth-order valence-electron chi connectivity index (χ4n) is 4.92. The van der Waals surface area contributed by atoms with Gasteiger partial charge in [-0.15, -0.1) is 0 Å². The van der Waals surface area contributed by atoms with Gasteiger partial charge in [0, 0.05) is 59.5 Å². The Bertz CT molecular complexity index is 1020. The van der Waals surface area contributed by atoms with Crippen LogP contribution in [-0.4, -0.2) is 28.0 Å². The minimum Gasteiger partial charge on any atom is -0.343 e. The lowest BCUT2D eigenvalue weighted by Crippen LogP contribution is -2.36. The van der Waals surface area contributed by atoms with Crippen molar-refractivity contribution in [2.45, 2.75) is 45.2 Å². The summed E-state index contributed by atoms with van der Waals surface area (Å²) in [6, 6.07) is 8.72. The maximum Gasteiger partial charge on any atom is 0.0520 e. The van der Waals surface area contributed by atoms with Gasteiger partial charge in [-0.1, -0.05) is 24.6 Å². The number of rotatable bonds is 1. The van der Waals surface area contributed by atoms with Gasteiger partial charge in [-0.25, -0.2) is 0 Å². The molecule has 0 saturated carbocycles. The molecule has 0 N–H and O–H groups in total. The van der Waals surface area contributed by atoms with Crippen molar-refractivity contribution in [3.05, 3.63) is 63.6 Å². The molecule has 0 aliphatic carbocycles. The van der Waals surface area contributed by atoms with Crippen molar-refractivity contribution in [1.82, 2.24) is 14.5 Å². The SMILES string of the molecule is Cc1ccc(C2(C)Cc3cc(Cl)cc4c5c(n(c34)C2)CCN(C)C5)cn1. The second-order valence-electron chi connectivity index (χ2n) is 8.39. The summed E-state index contributed by atoms with van der Waals surface area (Å²) in [4.78, 5) is 6.98. The molecular weight excluding hydrogens is 342 g/mol. The van der Waals surface area contributed by atoms with Crippen LogP contribution in [0.1, 0.15) is 35.0 Å². The lowest BCUT2D eigenvalue weighted by atomic mass is 9.75. The second kappa shape index (κ2) is 5.58. The van der Waals surface area contributed by atoms with E-state index in [1.165, 1.54) is 33.3 Å². The summed E-state index contributed by atoms with van der Waals surface area (Å²) in [6.07, 6.45) is 4.18. The van der Waals surface area contributed by atoms with E-state index in [4.69, 9.17) is 11.6 Å². The fraction of sp³-hybridized carbons (Fsp3) is 0.409. The van der Waals surface area contributed by atoms with Gasteiger partial charge in [0.15, 0.2) is 0 Å². The van der Waals surface area contributed by atoms with Gasteiger partial charge in [-0.2, -0.15) is 0 Å². The monoisotopic (exact) mass is 365 g/mol. The van der Waals surface area contributed by atoms with Crippen LogP contribution in [0, 0.1) is 6.92 Å². The Morgan fingerprint density at radius 1 is 1.23 bits per heavy atom. The zero-order valence-corrected chi connectivity index (χ0v) is 16.4. The minimum absolute atomic E-state index is 0.0431. The smallest absolute Gasteiger partial charge is 0.0520 e. The molecule has 0 radical (unpaired) electrons. The first-order valence-corrected chi connectivity index (χ1v) is 9.76. The highest BCUT2D eigenvalue weighted by Crippen LogP contribution is 2.43. The molecule has 2 aromatic heterocycles. The number of hydrogen-bond acceptors (Lipinski definition) is 2. The van der Waals surface area contributed by atoms with Gasteiger partial charge in [0.05, 0.1) is 5.52 Å². The maximum absolute atomic E-state index is 6.54. The van der Waals surface area contributed by atoms with Gasteiger partial charge < -0.3 is 9.47 Å². The molecule has 0 saturated heterocycles. The van der Waals surface area contributed by atoms with Crippen molar-refractivity contribution in [1.29, 1.82) is 0 Å². The first-order chi connectivity index (χ1) is 12.4. The van der Waals surface area contributed by atoms with Gasteiger partial charge in [-0.05, 0) is 55.3 Å². The van der Waals surface area contributed by atoms with Crippen LogP contribution in [-0.2, 0) is 31.3 Å². The average molecular weight is 366 g/mol. The topological polar surface area (TPSA) is 21.1 Å². The average Bonchev–Trinajstić information content (AvgIpc) is 2.89. The lowest BCUT2D eigenvalue weighted by Gasteiger charge is -2.36. The first kappa shape index (κ1) is 16.3. The van der Waals surface area contributed by atoms with Crippen molar-refractivity contribution >= 4 is 22.5 Å². The summed E-state index contributed by atoms with van der Waals surface area (Å²) in [5.41, 5.74) is 8.20. The third-order valence-electron chi connectivity index (χ3n) is 6.28. The Kier molecular flexibility index (Phi) is 3.51. The van der Waals surface area contributed by atoms with E-state index in [-0.39, 0.29) is 5.41 Å². The molecule has 4 heterocycles. The summed E-state index contributed by atoms with van der Waals surface area (Å²) in [7, 11) is 2.21. The molecule has 5 rings (SSSR count). The van der Waals surface area contributed by atoms with Crippen molar-refractivity contribution in [2.24, 2.45) is 0 Å². The number of nitrogens with zero attached hydrogens (tertiary/aromatic N) is 3. The molecule has 3 aromatic rings. The van der Waals surface area contributed by atoms with Gasteiger partial charge in [0.25, 0.3) is 0 Å². The van der Waals surface area contributed by atoms with Gasteiger partial charge >= 0.3 is 0 Å². The molecule has 1 atom stereocenters. The van der Waals surface area contributed by atoms with Crippen molar-refractivity contribution in [2.75, 3.05) is 13.6 Å². The molecular formula is C22H24ClN3. The summed E-state index contributed by atoms with van der Waals surface area (Å²) < 4.78 is 2.59. The largest absolute Gasteiger partial charge is 0.343 e. The van der Waals surface area contributed by atoms with E-state index < -0.39 is 0 Å². The third kappa shape index (κ3) is 2.34. The van der Waals surface area contributed by atoms with Crippen LogP contribution in [0.25, 0.3) is 10.9 Å². The third-order valence-corrected chi connectivity index (χ3v) is 6.50. The molecule has 0 amide bonds. The summed E-state index contributed by atoms with van der Waals surface area (Å²) in [5.74, 6) is 0. The summed E-state index contributed by atoms with van der Waals surface area (Å²) in [5, 5.41) is 2.21. The predicted molar refractivity (Wildman–Crippen MR) is 107 cm³/mol. The Labute approximate surface area is 159 Å². The highest BCUT2D eigenvalue weighted by atomic mass is 35.5. The number of aromatic nitrogens is 2. The van der Waals surface area contributed by atoms with E-state index in [9.17, 15) is 0 Å². The van der Waals surface area contributed by atoms with Crippen molar-refractivity contribution < 1.29 is 0 Å². The number of halogens is 1. The highest BCUT2D eigenvalue weighted by molar-refractivity contribution is 6.31. The molecule has 2 aliphatic heterocycles. The Morgan fingerprint density at radius 2 is 2.08 bits per heavy atom. The molecule has 0 fully saturated rings. The Hall–Kier alpha value is -1.84. The lowest BCUT2D eigenvalue weighted by molar-refractivity contribution is 0.302. The summed E-state index contributed by atoms with van der Waals surface area (Å²) in [6.45, 7) is 7.57. The summed E-state index contributed by atoms with van der Waals surface area (Å²) >= 11 is 6.54. The van der Waals surface area contributed by atoms with Crippen molar-refractivity contribution in [3.8, 4) is 0 Å². The van der Waals surface area contributed by atoms with E-state index in [1.54, 1.807) is 0 Å².